The van der Waals surface area contributed by atoms with Crippen LogP contribution in [0.5, 0.6) is 0 Å². The van der Waals surface area contributed by atoms with Gasteiger partial charge in [0.05, 0.1) is 4.90 Å². The smallest absolute Gasteiger partial charge is 0.242 e. The summed E-state index contributed by atoms with van der Waals surface area (Å²) in [6, 6.07) is 23.2. The fourth-order valence-corrected chi connectivity index (χ4v) is 5.62. The lowest BCUT2D eigenvalue weighted by Gasteiger charge is -2.21. The van der Waals surface area contributed by atoms with E-state index in [-0.39, 0.29) is 10.8 Å². The molecule has 1 unspecified atom stereocenters. The molecule has 0 bridgehead atoms. The highest BCUT2D eigenvalue weighted by molar-refractivity contribution is 7.98. The van der Waals surface area contributed by atoms with Crippen molar-refractivity contribution in [1.29, 1.82) is 0 Å². The largest absolute Gasteiger partial charge is 0.341 e. The summed E-state index contributed by atoms with van der Waals surface area (Å²) in [6.07, 6.45) is 3.32. The first kappa shape index (κ1) is 23.4. The summed E-state index contributed by atoms with van der Waals surface area (Å²) in [4.78, 5) is 15.4. The number of fused-ring (bicyclic) bond motifs is 1. The topological polar surface area (TPSA) is 78.5 Å². The second-order valence-corrected chi connectivity index (χ2v) is 10.5. The van der Waals surface area contributed by atoms with Crippen LogP contribution >= 0.6 is 11.8 Å². The number of anilines is 3. The van der Waals surface area contributed by atoms with Crippen molar-refractivity contribution < 1.29 is 13.2 Å². The first-order valence-corrected chi connectivity index (χ1v) is 13.7. The molecule has 0 aliphatic carbocycles. The summed E-state index contributed by atoms with van der Waals surface area (Å²) in [7, 11) is -3.80. The minimum absolute atomic E-state index is 0.141. The van der Waals surface area contributed by atoms with E-state index in [0.29, 0.717) is 17.9 Å². The van der Waals surface area contributed by atoms with Gasteiger partial charge in [0.15, 0.2) is 0 Å². The summed E-state index contributed by atoms with van der Waals surface area (Å²) in [5.74, 6) is 0.283. The van der Waals surface area contributed by atoms with Gasteiger partial charge < -0.3 is 10.2 Å². The predicted octanol–water partition coefficient (Wildman–Crippen LogP) is 4.42. The summed E-state index contributed by atoms with van der Waals surface area (Å²) in [6.45, 7) is 0.920. The summed E-state index contributed by atoms with van der Waals surface area (Å²) in [5, 5.41) is 2.87. The molecule has 0 fully saturated rings. The number of rotatable bonds is 9. The number of carbonyl (C=O) groups excluding carboxylic acids is 1. The van der Waals surface area contributed by atoms with Crippen molar-refractivity contribution in [3.8, 4) is 0 Å². The van der Waals surface area contributed by atoms with Gasteiger partial charge in [0, 0.05) is 23.6 Å². The maximum absolute atomic E-state index is 13.0. The molecule has 1 atom stereocenters. The van der Waals surface area contributed by atoms with Gasteiger partial charge in [-0.05, 0) is 72.9 Å². The Hall–Kier alpha value is -2.81. The molecule has 172 valence electrons. The van der Waals surface area contributed by atoms with Gasteiger partial charge in [0.2, 0.25) is 15.9 Å². The van der Waals surface area contributed by atoms with Gasteiger partial charge in [-0.25, -0.2) is 8.42 Å². The Morgan fingerprint density at radius 1 is 1.00 bits per heavy atom. The summed E-state index contributed by atoms with van der Waals surface area (Å²) < 4.78 is 28.1. The van der Waals surface area contributed by atoms with Crippen LogP contribution < -0.4 is 14.9 Å². The van der Waals surface area contributed by atoms with Crippen LogP contribution in [0.3, 0.4) is 0 Å². The minimum atomic E-state index is -3.80. The number of para-hydroxylation sites is 1. The fraction of sp³-hybridized carbons (Fsp3) is 0.240. The van der Waals surface area contributed by atoms with Crippen molar-refractivity contribution in [3.05, 3.63) is 84.4 Å². The number of nitrogens with zero attached hydrogens (tertiary/aromatic N) is 1. The van der Waals surface area contributed by atoms with E-state index in [0.717, 1.165) is 18.7 Å². The Bertz CT molecular complexity index is 1200. The molecule has 1 heterocycles. The van der Waals surface area contributed by atoms with E-state index in [4.69, 9.17) is 0 Å². The molecule has 1 aliphatic rings. The van der Waals surface area contributed by atoms with Gasteiger partial charge in [-0.2, -0.15) is 16.5 Å². The molecule has 6 nitrogen and oxygen atoms in total. The van der Waals surface area contributed by atoms with Crippen LogP contribution in [-0.2, 0) is 21.2 Å². The highest BCUT2D eigenvalue weighted by atomic mass is 32.2. The van der Waals surface area contributed by atoms with E-state index in [1.165, 1.54) is 23.4 Å². The molecular weight excluding hydrogens is 454 g/mol. The molecule has 0 saturated heterocycles. The SMILES string of the molecule is CSCCC(NS(=O)(=O)c1ccccc1)C(=O)Nc1ccc(N2CCc3ccccc32)cc1. The number of hydrogen-bond donors (Lipinski definition) is 2. The summed E-state index contributed by atoms with van der Waals surface area (Å²) >= 11 is 1.57. The lowest BCUT2D eigenvalue weighted by Crippen LogP contribution is -2.44. The third-order valence-corrected chi connectivity index (χ3v) is 7.74. The van der Waals surface area contributed by atoms with Crippen LogP contribution in [0.4, 0.5) is 17.1 Å². The number of sulfonamides is 1. The van der Waals surface area contributed by atoms with Crippen molar-refractivity contribution in [2.75, 3.05) is 28.8 Å². The number of thioether (sulfide) groups is 1. The number of hydrogen-bond acceptors (Lipinski definition) is 5. The van der Waals surface area contributed by atoms with E-state index in [2.05, 4.69) is 33.1 Å². The number of benzene rings is 3. The third kappa shape index (κ3) is 5.58. The van der Waals surface area contributed by atoms with E-state index >= 15 is 0 Å². The van der Waals surface area contributed by atoms with E-state index in [9.17, 15) is 13.2 Å². The van der Waals surface area contributed by atoms with Crippen LogP contribution in [-0.4, -0.2) is 38.9 Å². The van der Waals surface area contributed by atoms with E-state index in [1.807, 2.05) is 36.6 Å². The average Bonchev–Trinajstić information content (AvgIpc) is 3.27. The minimum Gasteiger partial charge on any atom is -0.341 e. The van der Waals surface area contributed by atoms with Gasteiger partial charge in [0.1, 0.15) is 6.04 Å². The highest BCUT2D eigenvalue weighted by Crippen LogP contribution is 2.34. The van der Waals surface area contributed by atoms with Crippen LogP contribution in [0, 0.1) is 0 Å². The molecular formula is C25H27N3O3S2. The van der Waals surface area contributed by atoms with Gasteiger partial charge in [0.25, 0.3) is 0 Å². The average molecular weight is 482 g/mol. The Labute approximate surface area is 199 Å². The predicted molar refractivity (Wildman–Crippen MR) is 136 cm³/mol. The van der Waals surface area contributed by atoms with Crippen LogP contribution in [0.15, 0.2) is 83.8 Å². The first-order chi connectivity index (χ1) is 16.0. The van der Waals surface area contributed by atoms with Crippen LogP contribution in [0.1, 0.15) is 12.0 Å². The lowest BCUT2D eigenvalue weighted by atomic mass is 10.2. The van der Waals surface area contributed by atoms with Gasteiger partial charge >= 0.3 is 0 Å². The molecule has 0 aromatic heterocycles. The fourth-order valence-electron chi connectivity index (χ4n) is 3.89. The van der Waals surface area contributed by atoms with E-state index in [1.54, 1.807) is 30.0 Å². The lowest BCUT2D eigenvalue weighted by molar-refractivity contribution is -0.117. The van der Waals surface area contributed by atoms with Gasteiger partial charge in [-0.1, -0.05) is 36.4 Å². The molecule has 0 spiro atoms. The van der Waals surface area contributed by atoms with Crippen molar-refractivity contribution in [3.63, 3.8) is 0 Å². The molecule has 33 heavy (non-hydrogen) atoms. The molecule has 1 amide bonds. The second kappa shape index (κ2) is 10.4. The van der Waals surface area contributed by atoms with Crippen molar-refractivity contribution in [1.82, 2.24) is 4.72 Å². The molecule has 4 rings (SSSR count). The number of carbonyl (C=O) groups is 1. The van der Waals surface area contributed by atoms with Crippen LogP contribution in [0.25, 0.3) is 0 Å². The van der Waals surface area contributed by atoms with Crippen molar-refractivity contribution in [2.45, 2.75) is 23.8 Å². The zero-order valence-corrected chi connectivity index (χ0v) is 20.0. The molecule has 0 radical (unpaired) electrons. The molecule has 3 aromatic rings. The quantitative estimate of drug-likeness (QED) is 0.473. The Balaban J connectivity index is 1.46. The normalized spacial score (nSPS) is 14.0. The Morgan fingerprint density at radius 2 is 1.70 bits per heavy atom. The Morgan fingerprint density at radius 3 is 2.42 bits per heavy atom. The van der Waals surface area contributed by atoms with Crippen LogP contribution in [0.2, 0.25) is 0 Å². The standard InChI is InChI=1S/C25H27N3O3S2/c1-32-18-16-23(27-33(30,31)22-8-3-2-4-9-22)25(29)26-20-11-13-21(14-12-20)28-17-15-19-7-5-6-10-24(19)28/h2-14,23,27H,15-18H2,1H3,(H,26,29). The maximum atomic E-state index is 13.0. The second-order valence-electron chi connectivity index (χ2n) is 7.83. The maximum Gasteiger partial charge on any atom is 0.242 e. The van der Waals surface area contributed by atoms with Gasteiger partial charge in [-0.3, -0.25) is 4.79 Å². The molecule has 3 aromatic carbocycles. The first-order valence-electron chi connectivity index (χ1n) is 10.8. The summed E-state index contributed by atoms with van der Waals surface area (Å²) in [5.41, 5.74) is 4.23. The molecule has 1 aliphatic heterocycles. The van der Waals surface area contributed by atoms with Crippen molar-refractivity contribution >= 4 is 44.8 Å². The molecule has 0 saturated carbocycles. The van der Waals surface area contributed by atoms with Gasteiger partial charge in [-0.15, -0.1) is 0 Å². The number of amides is 1. The molecule has 2 N–H and O–H groups in total. The Kier molecular flexibility index (Phi) is 7.37. The zero-order chi connectivity index (χ0) is 23.3. The highest BCUT2D eigenvalue weighted by Gasteiger charge is 2.26. The van der Waals surface area contributed by atoms with E-state index < -0.39 is 16.1 Å². The molecule has 8 heteroatoms. The monoisotopic (exact) mass is 481 g/mol. The number of nitrogens with one attached hydrogen (secondary N) is 2. The van der Waals surface area contributed by atoms with Crippen molar-refractivity contribution in [2.24, 2.45) is 0 Å². The zero-order valence-electron chi connectivity index (χ0n) is 18.4. The third-order valence-electron chi connectivity index (χ3n) is 5.61.